The molecule has 37 heavy (non-hydrogen) atoms. The van der Waals surface area contributed by atoms with Crippen molar-refractivity contribution in [3.8, 4) is 17.0 Å². The molecule has 6 rings (SSSR count). The Bertz CT molecular complexity index is 1500. The van der Waals surface area contributed by atoms with Crippen LogP contribution in [0.5, 0.6) is 5.75 Å². The number of H-pyrrole nitrogens is 1. The lowest BCUT2D eigenvalue weighted by atomic mass is 9.74. The molecule has 1 aliphatic heterocycles. The first-order valence-electron chi connectivity index (χ1n) is 12.8. The summed E-state index contributed by atoms with van der Waals surface area (Å²) in [5.74, 6) is 0.903. The van der Waals surface area contributed by atoms with Gasteiger partial charge in [0.2, 0.25) is 0 Å². The Morgan fingerprint density at radius 1 is 1.16 bits per heavy atom. The Labute approximate surface area is 214 Å². The minimum Gasteiger partial charge on any atom is -0.486 e. The molecule has 1 saturated carbocycles. The number of Topliss-reactive ketones (excluding diaryl/α,β-unsaturated/α-hetero) is 1. The van der Waals surface area contributed by atoms with Gasteiger partial charge in [-0.3, -0.25) is 14.7 Å². The molecule has 0 radical (unpaired) electrons. The molecule has 3 atom stereocenters. The van der Waals surface area contributed by atoms with Crippen molar-refractivity contribution < 1.29 is 19.4 Å². The highest BCUT2D eigenvalue weighted by Gasteiger charge is 2.43. The number of aliphatic hydroxyl groups excluding tert-OH is 1. The van der Waals surface area contributed by atoms with Gasteiger partial charge in [0.05, 0.1) is 23.2 Å². The van der Waals surface area contributed by atoms with E-state index in [4.69, 9.17) is 4.74 Å². The van der Waals surface area contributed by atoms with E-state index in [1.54, 1.807) is 42.5 Å². The summed E-state index contributed by atoms with van der Waals surface area (Å²) in [6.45, 7) is 2.23. The van der Waals surface area contributed by atoms with Gasteiger partial charge in [-0.2, -0.15) is 5.10 Å². The van der Waals surface area contributed by atoms with Crippen LogP contribution in [0.3, 0.4) is 0 Å². The van der Waals surface area contributed by atoms with Crippen molar-refractivity contribution in [1.82, 2.24) is 15.5 Å². The molecular weight excluding hydrogens is 466 g/mol. The van der Waals surface area contributed by atoms with Crippen LogP contribution >= 0.6 is 0 Å². The lowest BCUT2D eigenvalue weighted by Gasteiger charge is -2.42. The van der Waals surface area contributed by atoms with Crippen molar-refractivity contribution in [2.75, 3.05) is 0 Å². The van der Waals surface area contributed by atoms with Crippen molar-refractivity contribution in [2.45, 2.75) is 50.9 Å². The standard InChI is InChI=1S/C30H29N3O4/c1-18-6-5-13-30(16-18)17-25(34)23-14-20(10-12-26(23)37-30)27-22-15-21(9-11-24(22)32-33-27)29(36)31-28(35)19-7-3-2-4-8-19/h2-4,7-12,14-15,18,28,35H,5-6,13,16-17H2,1H3,(H,31,36)(H,32,33)/t18?,28-,30?/m0/s1. The van der Waals surface area contributed by atoms with Crippen LogP contribution in [0.2, 0.25) is 0 Å². The number of fused-ring (bicyclic) bond motifs is 2. The molecule has 1 aliphatic carbocycles. The number of nitrogens with zero attached hydrogens (tertiary/aromatic N) is 1. The van der Waals surface area contributed by atoms with E-state index in [9.17, 15) is 14.7 Å². The summed E-state index contributed by atoms with van der Waals surface area (Å²) in [6.07, 6.45) is 3.38. The summed E-state index contributed by atoms with van der Waals surface area (Å²) < 4.78 is 6.46. The molecular formula is C30H29N3O4. The van der Waals surface area contributed by atoms with E-state index in [2.05, 4.69) is 22.4 Å². The second kappa shape index (κ2) is 9.16. The van der Waals surface area contributed by atoms with Crippen molar-refractivity contribution in [1.29, 1.82) is 0 Å². The van der Waals surface area contributed by atoms with E-state index in [1.165, 1.54) is 6.42 Å². The van der Waals surface area contributed by atoms with Gasteiger partial charge in [0.25, 0.3) is 5.91 Å². The zero-order valence-electron chi connectivity index (χ0n) is 20.7. The highest BCUT2D eigenvalue weighted by molar-refractivity contribution is 6.04. The number of carbonyl (C=O) groups is 2. The lowest BCUT2D eigenvalue weighted by molar-refractivity contribution is -0.000811. The molecule has 1 aromatic heterocycles. The largest absolute Gasteiger partial charge is 0.486 e. The van der Waals surface area contributed by atoms with E-state index in [0.717, 1.165) is 35.7 Å². The Morgan fingerprint density at radius 3 is 2.81 bits per heavy atom. The number of aromatic nitrogens is 2. The van der Waals surface area contributed by atoms with Crippen molar-refractivity contribution >= 4 is 22.6 Å². The smallest absolute Gasteiger partial charge is 0.253 e. The first kappa shape index (κ1) is 23.4. The molecule has 7 nitrogen and oxygen atoms in total. The third-order valence-electron chi connectivity index (χ3n) is 7.62. The predicted molar refractivity (Wildman–Crippen MR) is 140 cm³/mol. The molecule has 3 N–H and O–H groups in total. The SMILES string of the molecule is CC1CCCC2(CC(=O)c3cc(-c4n[nH]c5ccc(C(=O)N[C@@H](O)c6ccccc6)cc45)ccc3O2)C1. The Hall–Kier alpha value is -3.97. The summed E-state index contributed by atoms with van der Waals surface area (Å²) >= 11 is 0. The number of rotatable bonds is 4. The van der Waals surface area contributed by atoms with Gasteiger partial charge in [0, 0.05) is 22.1 Å². The molecule has 2 heterocycles. The maximum atomic E-state index is 13.2. The monoisotopic (exact) mass is 495 g/mol. The number of ketones is 1. The molecule has 3 aromatic carbocycles. The number of hydrogen-bond acceptors (Lipinski definition) is 5. The van der Waals surface area contributed by atoms with Crippen LogP contribution in [0, 0.1) is 5.92 Å². The van der Waals surface area contributed by atoms with Crippen molar-refractivity contribution in [3.63, 3.8) is 0 Å². The summed E-state index contributed by atoms with van der Waals surface area (Å²) in [5, 5.41) is 21.3. The van der Waals surface area contributed by atoms with Crippen LogP contribution in [0.15, 0.2) is 66.7 Å². The van der Waals surface area contributed by atoms with Gasteiger partial charge in [-0.1, -0.05) is 43.7 Å². The normalized spacial score (nSPS) is 21.9. The van der Waals surface area contributed by atoms with Gasteiger partial charge in [-0.25, -0.2) is 0 Å². The Morgan fingerprint density at radius 2 is 2.00 bits per heavy atom. The zero-order valence-corrected chi connectivity index (χ0v) is 20.7. The quantitative estimate of drug-likeness (QED) is 0.321. The third-order valence-corrected chi connectivity index (χ3v) is 7.62. The van der Waals surface area contributed by atoms with Crippen LogP contribution in [-0.4, -0.2) is 32.6 Å². The molecule has 1 fully saturated rings. The molecule has 1 amide bonds. The van der Waals surface area contributed by atoms with E-state index in [-0.39, 0.29) is 11.4 Å². The van der Waals surface area contributed by atoms with E-state index in [0.29, 0.717) is 40.5 Å². The molecule has 1 spiro atoms. The average molecular weight is 496 g/mol. The average Bonchev–Trinajstić information content (AvgIpc) is 3.32. The molecule has 188 valence electrons. The fraction of sp³-hybridized carbons (Fsp3) is 0.300. The summed E-state index contributed by atoms with van der Waals surface area (Å²) in [7, 11) is 0. The first-order valence-corrected chi connectivity index (χ1v) is 12.8. The van der Waals surface area contributed by atoms with Gasteiger partial charge >= 0.3 is 0 Å². The highest BCUT2D eigenvalue weighted by atomic mass is 16.5. The number of aromatic amines is 1. The minimum absolute atomic E-state index is 0.104. The van der Waals surface area contributed by atoms with Crippen LogP contribution in [0.4, 0.5) is 0 Å². The van der Waals surface area contributed by atoms with Crippen LogP contribution in [-0.2, 0) is 0 Å². The number of carbonyl (C=O) groups excluding carboxylic acids is 2. The second-order valence-electron chi connectivity index (χ2n) is 10.4. The maximum absolute atomic E-state index is 13.2. The summed E-state index contributed by atoms with van der Waals surface area (Å²) in [4.78, 5) is 26.1. The van der Waals surface area contributed by atoms with Gasteiger partial charge in [-0.05, 0) is 61.6 Å². The fourth-order valence-corrected chi connectivity index (χ4v) is 5.81. The van der Waals surface area contributed by atoms with Gasteiger partial charge in [0.1, 0.15) is 11.4 Å². The van der Waals surface area contributed by atoms with E-state index >= 15 is 0 Å². The number of ether oxygens (including phenoxy) is 1. The zero-order chi connectivity index (χ0) is 25.6. The molecule has 7 heteroatoms. The van der Waals surface area contributed by atoms with E-state index in [1.807, 2.05) is 24.3 Å². The highest BCUT2D eigenvalue weighted by Crippen LogP contribution is 2.44. The maximum Gasteiger partial charge on any atom is 0.253 e. The van der Waals surface area contributed by atoms with Gasteiger partial charge in [0.15, 0.2) is 12.0 Å². The number of benzene rings is 3. The molecule has 0 saturated heterocycles. The Kier molecular flexibility index (Phi) is 5.80. The number of amides is 1. The fourth-order valence-electron chi connectivity index (χ4n) is 5.81. The van der Waals surface area contributed by atoms with E-state index < -0.39 is 12.1 Å². The molecule has 2 unspecified atom stereocenters. The second-order valence-corrected chi connectivity index (χ2v) is 10.4. The molecule has 0 bridgehead atoms. The first-order chi connectivity index (χ1) is 17.9. The summed E-state index contributed by atoms with van der Waals surface area (Å²) in [6, 6.07) is 19.8. The van der Waals surface area contributed by atoms with Gasteiger partial charge < -0.3 is 15.2 Å². The number of hydrogen-bond donors (Lipinski definition) is 3. The minimum atomic E-state index is -1.12. The third kappa shape index (κ3) is 4.40. The van der Waals surface area contributed by atoms with Crippen LogP contribution in [0.1, 0.15) is 71.5 Å². The Balaban J connectivity index is 1.28. The molecule has 2 aliphatic rings. The molecule has 4 aromatic rings. The van der Waals surface area contributed by atoms with Crippen LogP contribution < -0.4 is 10.1 Å². The predicted octanol–water partition coefficient (Wildman–Crippen LogP) is 5.56. The van der Waals surface area contributed by atoms with Gasteiger partial charge in [-0.15, -0.1) is 0 Å². The lowest BCUT2D eigenvalue weighted by Crippen LogP contribution is -2.45. The summed E-state index contributed by atoms with van der Waals surface area (Å²) in [5.41, 5.74) is 3.40. The number of aliphatic hydroxyl groups is 1. The van der Waals surface area contributed by atoms with Crippen LogP contribution in [0.25, 0.3) is 22.2 Å². The van der Waals surface area contributed by atoms with Crippen molar-refractivity contribution in [2.24, 2.45) is 5.92 Å². The topological polar surface area (TPSA) is 104 Å². The number of nitrogens with one attached hydrogen (secondary N) is 2. The van der Waals surface area contributed by atoms with Crippen molar-refractivity contribution in [3.05, 3.63) is 83.4 Å².